The summed E-state index contributed by atoms with van der Waals surface area (Å²) in [4.78, 5) is 11.5. The lowest BCUT2D eigenvalue weighted by atomic mass is 10.1. The predicted octanol–water partition coefficient (Wildman–Crippen LogP) is 0.866. The summed E-state index contributed by atoms with van der Waals surface area (Å²) >= 11 is 0. The summed E-state index contributed by atoms with van der Waals surface area (Å²) in [6.07, 6.45) is 1.38. The van der Waals surface area contributed by atoms with Crippen LogP contribution < -0.4 is 0 Å². The molecule has 0 aromatic heterocycles. The molecule has 1 fully saturated rings. The average Bonchev–Trinajstić information content (AvgIpc) is 2.96. The third-order valence-electron chi connectivity index (χ3n) is 3.70. The number of hydrogen-bond acceptors (Lipinski definition) is 5. The van der Waals surface area contributed by atoms with Gasteiger partial charge in [0, 0.05) is 19.7 Å². The van der Waals surface area contributed by atoms with Crippen LogP contribution in [-0.2, 0) is 14.8 Å². The van der Waals surface area contributed by atoms with E-state index >= 15 is 0 Å². The Morgan fingerprint density at radius 3 is 2.62 bits per heavy atom. The highest BCUT2D eigenvalue weighted by Crippen LogP contribution is 2.26. The van der Waals surface area contributed by atoms with Gasteiger partial charge in [-0.25, -0.2) is 13.2 Å². The minimum atomic E-state index is -3.54. The number of sulfonamides is 1. The normalized spacial score (nSPS) is 19.6. The zero-order valence-corrected chi connectivity index (χ0v) is 12.7. The number of aliphatic hydroxyl groups excluding tert-OH is 1. The summed E-state index contributed by atoms with van der Waals surface area (Å²) in [6, 6.07) is 5.72. The van der Waals surface area contributed by atoms with Gasteiger partial charge in [-0.3, -0.25) is 0 Å². The van der Waals surface area contributed by atoms with Gasteiger partial charge in [0.25, 0.3) is 0 Å². The molecule has 1 N–H and O–H groups in total. The Labute approximate surface area is 124 Å². The second-order valence-corrected chi connectivity index (χ2v) is 6.98. The van der Waals surface area contributed by atoms with Gasteiger partial charge in [0.05, 0.1) is 17.6 Å². The van der Waals surface area contributed by atoms with Gasteiger partial charge in [-0.2, -0.15) is 4.31 Å². The topological polar surface area (TPSA) is 83.9 Å². The van der Waals surface area contributed by atoms with Crippen LogP contribution in [-0.4, -0.2) is 50.6 Å². The van der Waals surface area contributed by atoms with Crippen LogP contribution in [0.4, 0.5) is 0 Å². The Kier molecular flexibility index (Phi) is 4.97. The van der Waals surface area contributed by atoms with Crippen molar-refractivity contribution >= 4 is 16.0 Å². The van der Waals surface area contributed by atoms with Crippen LogP contribution in [0.15, 0.2) is 29.2 Å². The van der Waals surface area contributed by atoms with Gasteiger partial charge in [0.2, 0.25) is 10.0 Å². The molecule has 1 unspecified atom stereocenters. The summed E-state index contributed by atoms with van der Waals surface area (Å²) in [5.74, 6) is -0.290. The molecule has 116 valence electrons. The van der Waals surface area contributed by atoms with Gasteiger partial charge in [-0.15, -0.1) is 0 Å². The van der Waals surface area contributed by atoms with E-state index in [1.807, 2.05) is 0 Å². The maximum Gasteiger partial charge on any atom is 0.337 e. The average molecular weight is 313 g/mol. The predicted molar refractivity (Wildman–Crippen MR) is 76.4 cm³/mol. The van der Waals surface area contributed by atoms with Crippen molar-refractivity contribution in [2.75, 3.05) is 26.8 Å². The number of esters is 1. The Morgan fingerprint density at radius 1 is 1.38 bits per heavy atom. The molecular weight excluding hydrogens is 294 g/mol. The van der Waals surface area contributed by atoms with Crippen LogP contribution in [0, 0.1) is 5.92 Å². The Balaban J connectivity index is 2.15. The molecule has 2 rings (SSSR count). The maximum absolute atomic E-state index is 12.5. The Hall–Kier alpha value is -1.44. The van der Waals surface area contributed by atoms with Crippen molar-refractivity contribution in [3.8, 4) is 0 Å². The minimum absolute atomic E-state index is 0.0758. The van der Waals surface area contributed by atoms with E-state index in [4.69, 9.17) is 5.11 Å². The maximum atomic E-state index is 12.5. The van der Waals surface area contributed by atoms with Crippen molar-refractivity contribution in [2.24, 2.45) is 5.92 Å². The van der Waals surface area contributed by atoms with Gasteiger partial charge in [-0.05, 0) is 43.0 Å². The van der Waals surface area contributed by atoms with Crippen LogP contribution in [0.3, 0.4) is 0 Å². The molecule has 1 aromatic rings. The SMILES string of the molecule is COC(=O)c1ccc(S(=O)(=O)N2CCC(CCO)C2)cc1. The molecule has 0 amide bonds. The van der Waals surface area contributed by atoms with Gasteiger partial charge < -0.3 is 9.84 Å². The van der Waals surface area contributed by atoms with Gasteiger partial charge in [0.15, 0.2) is 0 Å². The van der Waals surface area contributed by atoms with Gasteiger partial charge in [0.1, 0.15) is 0 Å². The smallest absolute Gasteiger partial charge is 0.337 e. The Morgan fingerprint density at radius 2 is 2.05 bits per heavy atom. The lowest BCUT2D eigenvalue weighted by Crippen LogP contribution is -2.29. The zero-order valence-electron chi connectivity index (χ0n) is 11.9. The largest absolute Gasteiger partial charge is 0.465 e. The van der Waals surface area contributed by atoms with Crippen LogP contribution in [0.25, 0.3) is 0 Å². The quantitative estimate of drug-likeness (QED) is 0.815. The second-order valence-electron chi connectivity index (χ2n) is 5.05. The number of benzene rings is 1. The van der Waals surface area contributed by atoms with Crippen LogP contribution in [0.2, 0.25) is 0 Å². The summed E-state index contributed by atoms with van der Waals surface area (Å²) in [5, 5.41) is 8.93. The van der Waals surface area contributed by atoms with E-state index in [9.17, 15) is 13.2 Å². The monoisotopic (exact) mass is 313 g/mol. The zero-order chi connectivity index (χ0) is 15.5. The highest BCUT2D eigenvalue weighted by atomic mass is 32.2. The summed E-state index contributed by atoms with van der Waals surface area (Å²) < 4.78 is 31.0. The van der Waals surface area contributed by atoms with Crippen molar-refractivity contribution in [1.29, 1.82) is 0 Å². The first kappa shape index (κ1) is 15.9. The lowest BCUT2D eigenvalue weighted by Gasteiger charge is -2.16. The molecule has 0 saturated carbocycles. The molecule has 1 aromatic carbocycles. The first-order chi connectivity index (χ1) is 9.98. The van der Waals surface area contributed by atoms with E-state index in [0.29, 0.717) is 25.1 Å². The molecule has 0 bridgehead atoms. The molecule has 0 radical (unpaired) electrons. The Bertz CT molecular complexity index is 596. The number of nitrogens with zero attached hydrogens (tertiary/aromatic N) is 1. The van der Waals surface area contributed by atoms with E-state index in [0.717, 1.165) is 6.42 Å². The number of ether oxygens (including phenoxy) is 1. The molecule has 1 heterocycles. The van der Waals surface area contributed by atoms with Crippen molar-refractivity contribution in [3.05, 3.63) is 29.8 Å². The third kappa shape index (κ3) is 3.42. The molecule has 0 spiro atoms. The molecule has 1 aliphatic heterocycles. The number of carbonyl (C=O) groups is 1. The highest BCUT2D eigenvalue weighted by molar-refractivity contribution is 7.89. The van der Waals surface area contributed by atoms with Crippen LogP contribution in [0.1, 0.15) is 23.2 Å². The molecule has 1 atom stereocenters. The van der Waals surface area contributed by atoms with Crippen molar-refractivity contribution in [3.63, 3.8) is 0 Å². The highest BCUT2D eigenvalue weighted by Gasteiger charge is 2.32. The molecule has 0 aliphatic carbocycles. The number of hydrogen-bond donors (Lipinski definition) is 1. The van der Waals surface area contributed by atoms with Crippen molar-refractivity contribution in [2.45, 2.75) is 17.7 Å². The van der Waals surface area contributed by atoms with Gasteiger partial charge in [-0.1, -0.05) is 0 Å². The number of carbonyl (C=O) groups excluding carboxylic acids is 1. The first-order valence-corrected chi connectivity index (χ1v) is 8.22. The number of rotatable bonds is 5. The van der Waals surface area contributed by atoms with E-state index in [-0.39, 0.29) is 17.4 Å². The molecular formula is C14H19NO5S. The summed E-state index contributed by atoms with van der Waals surface area (Å²) in [5.41, 5.74) is 0.316. The van der Waals surface area contributed by atoms with Crippen molar-refractivity contribution < 1.29 is 23.1 Å². The minimum Gasteiger partial charge on any atom is -0.465 e. The van der Waals surface area contributed by atoms with Crippen LogP contribution in [0.5, 0.6) is 0 Å². The molecule has 21 heavy (non-hydrogen) atoms. The second kappa shape index (κ2) is 6.55. The molecule has 7 heteroatoms. The lowest BCUT2D eigenvalue weighted by molar-refractivity contribution is 0.0600. The summed E-state index contributed by atoms with van der Waals surface area (Å²) in [7, 11) is -2.26. The van der Waals surface area contributed by atoms with E-state index in [1.165, 1.54) is 35.7 Å². The van der Waals surface area contributed by atoms with E-state index in [1.54, 1.807) is 0 Å². The van der Waals surface area contributed by atoms with Crippen molar-refractivity contribution in [1.82, 2.24) is 4.31 Å². The fourth-order valence-corrected chi connectivity index (χ4v) is 3.99. The number of methoxy groups -OCH3 is 1. The van der Waals surface area contributed by atoms with E-state index in [2.05, 4.69) is 4.74 Å². The fourth-order valence-electron chi connectivity index (χ4n) is 2.46. The molecule has 6 nitrogen and oxygen atoms in total. The number of aliphatic hydroxyl groups is 1. The molecule has 1 aliphatic rings. The first-order valence-electron chi connectivity index (χ1n) is 6.78. The van der Waals surface area contributed by atoms with Gasteiger partial charge >= 0.3 is 5.97 Å². The fraction of sp³-hybridized carbons (Fsp3) is 0.500. The third-order valence-corrected chi connectivity index (χ3v) is 5.58. The van der Waals surface area contributed by atoms with E-state index < -0.39 is 16.0 Å². The van der Waals surface area contributed by atoms with Crippen LogP contribution >= 0.6 is 0 Å². The molecule has 1 saturated heterocycles. The standard InChI is InChI=1S/C14H19NO5S/c1-20-14(17)12-2-4-13(5-3-12)21(18,19)15-8-6-11(10-15)7-9-16/h2-5,11,16H,6-10H2,1H3. The summed E-state index contributed by atoms with van der Waals surface area (Å²) in [6.45, 7) is 0.972.